The van der Waals surface area contributed by atoms with E-state index in [9.17, 15) is 9.90 Å². The lowest BCUT2D eigenvalue weighted by Gasteiger charge is -1.98. The Hall–Kier alpha value is -2.47. The Bertz CT molecular complexity index is 762. The van der Waals surface area contributed by atoms with Crippen LogP contribution in [0.3, 0.4) is 0 Å². The van der Waals surface area contributed by atoms with Gasteiger partial charge in [-0.3, -0.25) is 4.98 Å². The number of carbonyl (C=O) groups is 1. The molecule has 3 aromatic heterocycles. The van der Waals surface area contributed by atoms with Gasteiger partial charge in [0, 0.05) is 23.5 Å². The molecule has 6 heteroatoms. The molecular formula is C14H11N3O2S. The first-order valence-electron chi connectivity index (χ1n) is 5.95. The van der Waals surface area contributed by atoms with E-state index in [0.717, 1.165) is 15.4 Å². The SMILES string of the molecule is Cc1ccc(-c2nn(-c3ccncc3)cc2C(=O)O)s1. The van der Waals surface area contributed by atoms with E-state index in [0.29, 0.717) is 5.69 Å². The van der Waals surface area contributed by atoms with Crippen molar-refractivity contribution in [3.63, 3.8) is 0 Å². The zero-order valence-corrected chi connectivity index (χ0v) is 11.5. The lowest BCUT2D eigenvalue weighted by molar-refractivity contribution is 0.0697. The predicted octanol–water partition coefficient (Wildman–Crippen LogP) is 3.00. The first-order chi connectivity index (χ1) is 9.65. The molecule has 1 N–H and O–H groups in total. The Morgan fingerprint density at radius 1 is 1.25 bits per heavy atom. The van der Waals surface area contributed by atoms with Gasteiger partial charge < -0.3 is 5.11 Å². The fourth-order valence-electron chi connectivity index (χ4n) is 1.90. The second kappa shape index (κ2) is 4.90. The van der Waals surface area contributed by atoms with Crippen LogP contribution in [0.2, 0.25) is 0 Å². The number of hydrogen-bond acceptors (Lipinski definition) is 4. The maximum atomic E-state index is 11.4. The number of thiophene rings is 1. The summed E-state index contributed by atoms with van der Waals surface area (Å²) < 4.78 is 1.56. The fraction of sp³-hybridized carbons (Fsp3) is 0.0714. The highest BCUT2D eigenvalue weighted by molar-refractivity contribution is 7.15. The minimum Gasteiger partial charge on any atom is -0.478 e. The third kappa shape index (κ3) is 2.21. The van der Waals surface area contributed by atoms with E-state index in [1.165, 1.54) is 17.5 Å². The Kier molecular flexibility index (Phi) is 3.08. The molecule has 3 rings (SSSR count). The summed E-state index contributed by atoms with van der Waals surface area (Å²) in [6.07, 6.45) is 4.82. The fourth-order valence-corrected chi connectivity index (χ4v) is 2.77. The molecule has 0 atom stereocenters. The van der Waals surface area contributed by atoms with Gasteiger partial charge in [0.1, 0.15) is 11.3 Å². The molecule has 5 nitrogen and oxygen atoms in total. The van der Waals surface area contributed by atoms with Gasteiger partial charge >= 0.3 is 5.97 Å². The van der Waals surface area contributed by atoms with Crippen molar-refractivity contribution in [2.45, 2.75) is 6.92 Å². The minimum absolute atomic E-state index is 0.198. The Morgan fingerprint density at radius 3 is 2.60 bits per heavy atom. The van der Waals surface area contributed by atoms with Gasteiger partial charge in [0.05, 0.1) is 10.6 Å². The average Bonchev–Trinajstić information content (AvgIpc) is 3.05. The van der Waals surface area contributed by atoms with Crippen LogP contribution < -0.4 is 0 Å². The molecule has 0 aromatic carbocycles. The second-order valence-corrected chi connectivity index (χ2v) is 5.54. The maximum Gasteiger partial charge on any atom is 0.339 e. The van der Waals surface area contributed by atoms with E-state index in [1.807, 2.05) is 19.1 Å². The van der Waals surface area contributed by atoms with Crippen molar-refractivity contribution in [1.82, 2.24) is 14.8 Å². The van der Waals surface area contributed by atoms with Gasteiger partial charge in [0.2, 0.25) is 0 Å². The van der Waals surface area contributed by atoms with Gasteiger partial charge in [0.15, 0.2) is 0 Å². The van der Waals surface area contributed by atoms with Crippen LogP contribution in [0, 0.1) is 6.92 Å². The number of aryl methyl sites for hydroxylation is 1. The van der Waals surface area contributed by atoms with Gasteiger partial charge in [-0.05, 0) is 31.2 Å². The smallest absolute Gasteiger partial charge is 0.339 e. The van der Waals surface area contributed by atoms with Crippen LogP contribution in [0.4, 0.5) is 0 Å². The summed E-state index contributed by atoms with van der Waals surface area (Å²) in [4.78, 5) is 17.3. The molecule has 0 saturated carbocycles. The molecule has 3 heterocycles. The molecule has 0 saturated heterocycles. The molecular weight excluding hydrogens is 274 g/mol. The van der Waals surface area contributed by atoms with Crippen LogP contribution in [0.15, 0.2) is 42.9 Å². The van der Waals surface area contributed by atoms with Crippen LogP contribution in [0.1, 0.15) is 15.2 Å². The number of aromatic carboxylic acids is 1. The molecule has 0 aliphatic rings. The number of rotatable bonds is 3. The lowest BCUT2D eigenvalue weighted by Crippen LogP contribution is -1.96. The zero-order valence-electron chi connectivity index (χ0n) is 10.6. The average molecular weight is 285 g/mol. The molecule has 0 spiro atoms. The standard InChI is InChI=1S/C14H11N3O2S/c1-9-2-3-12(20-9)13-11(14(18)19)8-17(16-13)10-4-6-15-7-5-10/h2-8H,1H3,(H,18,19). The summed E-state index contributed by atoms with van der Waals surface area (Å²) in [5.41, 5.74) is 1.47. The molecule has 0 unspecified atom stereocenters. The predicted molar refractivity (Wildman–Crippen MR) is 76.4 cm³/mol. The van der Waals surface area contributed by atoms with Gasteiger partial charge in [-0.1, -0.05) is 0 Å². The second-order valence-electron chi connectivity index (χ2n) is 4.26. The van der Waals surface area contributed by atoms with Crippen molar-refractivity contribution in [3.05, 3.63) is 53.3 Å². The highest BCUT2D eigenvalue weighted by Crippen LogP contribution is 2.29. The summed E-state index contributed by atoms with van der Waals surface area (Å²) in [6.45, 7) is 1.98. The third-order valence-corrected chi connectivity index (χ3v) is 3.85. The van der Waals surface area contributed by atoms with Gasteiger partial charge in [0.25, 0.3) is 0 Å². The van der Waals surface area contributed by atoms with Gasteiger partial charge in [-0.15, -0.1) is 11.3 Å². The molecule has 100 valence electrons. The molecule has 0 fully saturated rings. The van der Waals surface area contributed by atoms with Gasteiger partial charge in [-0.2, -0.15) is 5.10 Å². The molecule has 0 aliphatic heterocycles. The Labute approximate surface area is 119 Å². The highest BCUT2D eigenvalue weighted by Gasteiger charge is 2.18. The molecule has 0 amide bonds. The van der Waals surface area contributed by atoms with Crippen molar-refractivity contribution < 1.29 is 9.90 Å². The quantitative estimate of drug-likeness (QED) is 0.803. The van der Waals surface area contributed by atoms with Crippen molar-refractivity contribution in [3.8, 4) is 16.3 Å². The van der Waals surface area contributed by atoms with Crippen molar-refractivity contribution >= 4 is 17.3 Å². The van der Waals surface area contributed by atoms with E-state index in [4.69, 9.17) is 0 Å². The van der Waals surface area contributed by atoms with Crippen molar-refractivity contribution in [2.75, 3.05) is 0 Å². The van der Waals surface area contributed by atoms with Crippen molar-refractivity contribution in [1.29, 1.82) is 0 Å². The Morgan fingerprint density at radius 2 is 2.00 bits per heavy atom. The summed E-state index contributed by atoms with van der Waals surface area (Å²) in [5.74, 6) is -0.980. The lowest BCUT2D eigenvalue weighted by atomic mass is 10.2. The van der Waals surface area contributed by atoms with Crippen LogP contribution >= 0.6 is 11.3 Å². The number of pyridine rings is 1. The maximum absolute atomic E-state index is 11.4. The third-order valence-electron chi connectivity index (χ3n) is 2.85. The minimum atomic E-state index is -0.980. The van der Waals surface area contributed by atoms with E-state index in [-0.39, 0.29) is 5.56 Å². The van der Waals surface area contributed by atoms with E-state index >= 15 is 0 Å². The van der Waals surface area contributed by atoms with E-state index in [1.54, 1.807) is 29.2 Å². The van der Waals surface area contributed by atoms with Crippen LogP contribution in [-0.2, 0) is 0 Å². The monoisotopic (exact) mass is 285 g/mol. The van der Waals surface area contributed by atoms with Gasteiger partial charge in [-0.25, -0.2) is 9.48 Å². The number of aromatic nitrogens is 3. The first kappa shape index (κ1) is 12.6. The van der Waals surface area contributed by atoms with Crippen LogP contribution in [0.25, 0.3) is 16.3 Å². The summed E-state index contributed by atoms with van der Waals surface area (Å²) in [7, 11) is 0. The number of carboxylic acid groups (broad SMARTS) is 1. The number of carboxylic acids is 1. The summed E-state index contributed by atoms with van der Waals surface area (Å²) in [6, 6.07) is 7.41. The van der Waals surface area contributed by atoms with E-state index in [2.05, 4.69) is 10.1 Å². The largest absolute Gasteiger partial charge is 0.478 e. The van der Waals surface area contributed by atoms with E-state index < -0.39 is 5.97 Å². The summed E-state index contributed by atoms with van der Waals surface area (Å²) >= 11 is 1.53. The zero-order chi connectivity index (χ0) is 14.1. The van der Waals surface area contributed by atoms with Crippen molar-refractivity contribution in [2.24, 2.45) is 0 Å². The highest BCUT2D eigenvalue weighted by atomic mass is 32.1. The summed E-state index contributed by atoms with van der Waals surface area (Å²) in [5, 5.41) is 13.7. The van der Waals surface area contributed by atoms with Crippen LogP contribution in [0.5, 0.6) is 0 Å². The Balaban J connectivity index is 2.15. The topological polar surface area (TPSA) is 68.0 Å². The number of hydrogen-bond donors (Lipinski definition) is 1. The molecule has 3 aromatic rings. The molecule has 0 bridgehead atoms. The number of nitrogens with zero attached hydrogens (tertiary/aromatic N) is 3. The first-order valence-corrected chi connectivity index (χ1v) is 6.77. The molecule has 20 heavy (non-hydrogen) atoms. The van der Waals surface area contributed by atoms with Crippen LogP contribution in [-0.4, -0.2) is 25.8 Å². The molecule has 0 aliphatic carbocycles. The molecule has 0 radical (unpaired) electrons. The normalized spacial score (nSPS) is 10.7.